The first-order valence-electron chi connectivity index (χ1n) is 8.61. The van der Waals surface area contributed by atoms with Gasteiger partial charge in [-0.3, -0.25) is 4.79 Å². The standard InChI is InChI=1S/C17H27N3O5S/c1-4-5-14(18)17(21)19-8-10-20(11-9-19)26(22,23)16-12-13(24-2)6-7-15(16)25-3/h6-7,12,14H,4-5,8-11,18H2,1-3H3. The molecule has 1 aliphatic rings. The van der Waals surface area contributed by atoms with Crippen LogP contribution in [0.1, 0.15) is 19.8 Å². The minimum absolute atomic E-state index is 0.0572. The maximum Gasteiger partial charge on any atom is 0.247 e. The number of methoxy groups -OCH3 is 2. The first-order valence-corrected chi connectivity index (χ1v) is 10.1. The van der Waals surface area contributed by atoms with Crippen LogP contribution in [-0.4, -0.2) is 70.0 Å². The second-order valence-electron chi connectivity index (χ2n) is 6.14. The van der Waals surface area contributed by atoms with Gasteiger partial charge in [0.2, 0.25) is 15.9 Å². The Morgan fingerprint density at radius 2 is 1.85 bits per heavy atom. The first kappa shape index (κ1) is 20.5. The number of sulfonamides is 1. The number of amides is 1. The van der Waals surface area contributed by atoms with Gasteiger partial charge in [0.25, 0.3) is 0 Å². The minimum Gasteiger partial charge on any atom is -0.497 e. The van der Waals surface area contributed by atoms with Gasteiger partial charge in [0.15, 0.2) is 0 Å². The molecule has 8 nitrogen and oxygen atoms in total. The average Bonchev–Trinajstić information content (AvgIpc) is 2.67. The fraction of sp³-hybridized carbons (Fsp3) is 0.588. The van der Waals surface area contributed by atoms with Crippen LogP contribution in [0.3, 0.4) is 0 Å². The van der Waals surface area contributed by atoms with E-state index in [0.29, 0.717) is 25.3 Å². The molecule has 0 saturated carbocycles. The van der Waals surface area contributed by atoms with E-state index in [1.54, 1.807) is 17.0 Å². The summed E-state index contributed by atoms with van der Waals surface area (Å²) in [7, 11) is -0.860. The Morgan fingerprint density at radius 3 is 2.38 bits per heavy atom. The van der Waals surface area contributed by atoms with Crippen molar-refractivity contribution in [2.45, 2.75) is 30.7 Å². The fourth-order valence-electron chi connectivity index (χ4n) is 2.94. The normalized spacial score (nSPS) is 17.0. The van der Waals surface area contributed by atoms with E-state index in [1.165, 1.54) is 24.6 Å². The second-order valence-corrected chi connectivity index (χ2v) is 8.05. The van der Waals surface area contributed by atoms with Gasteiger partial charge in [0.1, 0.15) is 16.4 Å². The molecule has 1 fully saturated rings. The van der Waals surface area contributed by atoms with Gasteiger partial charge in [-0.15, -0.1) is 0 Å². The average molecular weight is 385 g/mol. The Kier molecular flexibility index (Phi) is 6.85. The molecule has 1 aromatic carbocycles. The van der Waals surface area contributed by atoms with Crippen molar-refractivity contribution in [1.29, 1.82) is 0 Å². The largest absolute Gasteiger partial charge is 0.497 e. The molecule has 2 rings (SSSR count). The van der Waals surface area contributed by atoms with Crippen LogP contribution < -0.4 is 15.2 Å². The number of carbonyl (C=O) groups excluding carboxylic acids is 1. The Hall–Kier alpha value is -1.84. The lowest BCUT2D eigenvalue weighted by atomic mass is 10.1. The summed E-state index contributed by atoms with van der Waals surface area (Å²) in [6.07, 6.45) is 1.45. The predicted octanol–water partition coefficient (Wildman–Crippen LogP) is 0.664. The van der Waals surface area contributed by atoms with Crippen molar-refractivity contribution in [2.24, 2.45) is 5.73 Å². The highest BCUT2D eigenvalue weighted by Crippen LogP contribution is 2.31. The smallest absolute Gasteiger partial charge is 0.247 e. The minimum atomic E-state index is -3.76. The molecular formula is C17H27N3O5S. The molecule has 1 aliphatic heterocycles. The quantitative estimate of drug-likeness (QED) is 0.740. The molecule has 1 amide bonds. The van der Waals surface area contributed by atoms with Gasteiger partial charge >= 0.3 is 0 Å². The van der Waals surface area contributed by atoms with Crippen molar-refractivity contribution in [3.05, 3.63) is 18.2 Å². The molecule has 0 aliphatic carbocycles. The number of nitrogens with two attached hydrogens (primary N) is 1. The van der Waals surface area contributed by atoms with E-state index >= 15 is 0 Å². The number of benzene rings is 1. The molecule has 1 heterocycles. The van der Waals surface area contributed by atoms with Gasteiger partial charge in [-0.2, -0.15) is 4.31 Å². The summed E-state index contributed by atoms with van der Waals surface area (Å²) in [5.41, 5.74) is 5.89. The zero-order chi connectivity index (χ0) is 19.3. The van der Waals surface area contributed by atoms with Crippen LogP contribution >= 0.6 is 0 Å². The summed E-state index contributed by atoms with van der Waals surface area (Å²) in [5, 5.41) is 0. The van der Waals surface area contributed by atoms with E-state index in [9.17, 15) is 13.2 Å². The van der Waals surface area contributed by atoms with Crippen molar-refractivity contribution in [2.75, 3.05) is 40.4 Å². The lowest BCUT2D eigenvalue weighted by Crippen LogP contribution is -2.54. The Balaban J connectivity index is 2.14. The molecule has 1 atom stereocenters. The molecule has 2 N–H and O–H groups in total. The maximum absolute atomic E-state index is 13.0. The molecule has 9 heteroatoms. The van der Waals surface area contributed by atoms with Crippen LogP contribution in [0.5, 0.6) is 11.5 Å². The van der Waals surface area contributed by atoms with E-state index in [2.05, 4.69) is 0 Å². The number of ether oxygens (including phenoxy) is 2. The SMILES string of the molecule is CCCC(N)C(=O)N1CCN(S(=O)(=O)c2cc(OC)ccc2OC)CC1. The Morgan fingerprint density at radius 1 is 1.19 bits per heavy atom. The third kappa shape index (κ3) is 4.28. The van der Waals surface area contributed by atoms with Crippen LogP contribution in [0, 0.1) is 0 Å². The number of hydrogen-bond donors (Lipinski definition) is 1. The van der Waals surface area contributed by atoms with Crippen molar-refractivity contribution in [3.8, 4) is 11.5 Å². The summed E-state index contributed by atoms with van der Waals surface area (Å²) < 4.78 is 37.7. The van der Waals surface area contributed by atoms with Crippen LogP contribution in [-0.2, 0) is 14.8 Å². The van der Waals surface area contributed by atoms with Crippen LogP contribution in [0.2, 0.25) is 0 Å². The summed E-state index contributed by atoms with van der Waals surface area (Å²) >= 11 is 0. The highest BCUT2D eigenvalue weighted by molar-refractivity contribution is 7.89. The molecule has 0 spiro atoms. The number of nitrogens with zero attached hydrogens (tertiary/aromatic N) is 2. The number of rotatable bonds is 7. The summed E-state index contributed by atoms with van der Waals surface area (Å²) in [4.78, 5) is 14.0. The van der Waals surface area contributed by atoms with E-state index < -0.39 is 16.1 Å². The van der Waals surface area contributed by atoms with Crippen LogP contribution in [0.25, 0.3) is 0 Å². The highest BCUT2D eigenvalue weighted by atomic mass is 32.2. The van der Waals surface area contributed by atoms with Gasteiger partial charge in [0.05, 0.1) is 20.3 Å². The van der Waals surface area contributed by atoms with Gasteiger partial charge in [-0.1, -0.05) is 13.3 Å². The molecule has 0 bridgehead atoms. The molecule has 0 aromatic heterocycles. The maximum atomic E-state index is 13.0. The first-order chi connectivity index (χ1) is 12.3. The topological polar surface area (TPSA) is 102 Å². The van der Waals surface area contributed by atoms with Gasteiger partial charge in [0, 0.05) is 32.2 Å². The Labute approximate surface area is 154 Å². The van der Waals surface area contributed by atoms with Gasteiger partial charge in [-0.05, 0) is 18.6 Å². The molecule has 1 unspecified atom stereocenters. The van der Waals surface area contributed by atoms with Crippen LogP contribution in [0.4, 0.5) is 0 Å². The zero-order valence-corrected chi connectivity index (χ0v) is 16.3. The molecule has 26 heavy (non-hydrogen) atoms. The van der Waals surface area contributed by atoms with E-state index in [1.807, 2.05) is 6.92 Å². The second kappa shape index (κ2) is 8.70. The Bertz CT molecular complexity index is 730. The predicted molar refractivity (Wildman–Crippen MR) is 97.8 cm³/mol. The lowest BCUT2D eigenvalue weighted by molar-refractivity contribution is -0.133. The third-order valence-corrected chi connectivity index (χ3v) is 6.38. The van der Waals surface area contributed by atoms with E-state index in [-0.39, 0.29) is 29.6 Å². The van der Waals surface area contributed by atoms with Crippen molar-refractivity contribution in [1.82, 2.24) is 9.21 Å². The van der Waals surface area contributed by atoms with Crippen LogP contribution in [0.15, 0.2) is 23.1 Å². The number of carbonyl (C=O) groups is 1. The fourth-order valence-corrected chi connectivity index (χ4v) is 4.54. The van der Waals surface area contributed by atoms with Crippen molar-refractivity contribution in [3.63, 3.8) is 0 Å². The monoisotopic (exact) mass is 385 g/mol. The molecular weight excluding hydrogens is 358 g/mol. The highest BCUT2D eigenvalue weighted by Gasteiger charge is 2.33. The van der Waals surface area contributed by atoms with Gasteiger partial charge < -0.3 is 20.1 Å². The van der Waals surface area contributed by atoms with E-state index in [0.717, 1.165) is 6.42 Å². The van der Waals surface area contributed by atoms with E-state index in [4.69, 9.17) is 15.2 Å². The number of piperazine rings is 1. The van der Waals surface area contributed by atoms with Gasteiger partial charge in [-0.25, -0.2) is 8.42 Å². The number of hydrogen-bond acceptors (Lipinski definition) is 6. The molecule has 0 radical (unpaired) electrons. The molecule has 146 valence electrons. The molecule has 1 saturated heterocycles. The summed E-state index contributed by atoms with van der Waals surface area (Å²) in [5.74, 6) is 0.570. The lowest BCUT2D eigenvalue weighted by Gasteiger charge is -2.35. The van der Waals surface area contributed by atoms with Crippen molar-refractivity contribution >= 4 is 15.9 Å². The third-order valence-electron chi connectivity index (χ3n) is 4.46. The van der Waals surface area contributed by atoms with Crippen molar-refractivity contribution < 1.29 is 22.7 Å². The summed E-state index contributed by atoms with van der Waals surface area (Å²) in [6.45, 7) is 3.04. The zero-order valence-electron chi connectivity index (χ0n) is 15.5. The summed E-state index contributed by atoms with van der Waals surface area (Å²) in [6, 6.07) is 4.13. The molecule has 1 aromatic rings.